The Morgan fingerprint density at radius 2 is 1.66 bits per heavy atom. The second-order valence-corrected chi connectivity index (χ2v) is 9.64. The highest BCUT2D eigenvalue weighted by atomic mass is 35.5. The standard InChI is InChI=1S/C27H24Cl2N6O3/c28-22-12-21(13-23(29)25(22)36)24-15-31-27(33-32-24)38-17-19-5-3-18(4-6-19)16-34-8-10-35(11-9-34)26(37)20-2-1-7-30-14-20/h1-7,12-15,36H,8-11,16-17H2. The molecule has 1 amide bonds. The fourth-order valence-electron chi connectivity index (χ4n) is 4.10. The van der Waals surface area contributed by atoms with Crippen LogP contribution in [-0.2, 0) is 13.2 Å². The van der Waals surface area contributed by atoms with Crippen molar-refractivity contribution in [3.05, 3.63) is 93.9 Å². The van der Waals surface area contributed by atoms with Crippen LogP contribution in [0.4, 0.5) is 0 Å². The molecule has 2 aromatic heterocycles. The highest BCUT2D eigenvalue weighted by molar-refractivity contribution is 6.37. The summed E-state index contributed by atoms with van der Waals surface area (Å²) in [5.41, 5.74) is 3.83. The monoisotopic (exact) mass is 550 g/mol. The van der Waals surface area contributed by atoms with E-state index in [9.17, 15) is 9.90 Å². The average Bonchev–Trinajstić information content (AvgIpc) is 2.96. The molecule has 0 saturated carbocycles. The number of pyridine rings is 1. The van der Waals surface area contributed by atoms with Crippen molar-refractivity contribution < 1.29 is 14.6 Å². The fourth-order valence-corrected chi connectivity index (χ4v) is 4.59. The van der Waals surface area contributed by atoms with Gasteiger partial charge in [-0.2, -0.15) is 0 Å². The molecule has 1 aliphatic heterocycles. The van der Waals surface area contributed by atoms with E-state index in [1.54, 1.807) is 36.7 Å². The number of hydrogen-bond acceptors (Lipinski definition) is 8. The van der Waals surface area contributed by atoms with Gasteiger partial charge in [0.25, 0.3) is 5.91 Å². The molecule has 38 heavy (non-hydrogen) atoms. The molecule has 0 aliphatic carbocycles. The quantitative estimate of drug-likeness (QED) is 0.359. The highest BCUT2D eigenvalue weighted by Crippen LogP contribution is 2.35. The van der Waals surface area contributed by atoms with Gasteiger partial charge >= 0.3 is 6.01 Å². The van der Waals surface area contributed by atoms with E-state index in [4.69, 9.17) is 27.9 Å². The summed E-state index contributed by atoms with van der Waals surface area (Å²) in [6.07, 6.45) is 4.79. The molecule has 1 fully saturated rings. The zero-order valence-corrected chi connectivity index (χ0v) is 21.8. The number of carbonyl (C=O) groups is 1. The number of amides is 1. The summed E-state index contributed by atoms with van der Waals surface area (Å²) in [6, 6.07) is 15.0. The SMILES string of the molecule is O=C(c1cccnc1)N1CCN(Cc2ccc(COc3ncc(-c4cc(Cl)c(O)c(Cl)c4)nn3)cc2)CC1. The molecule has 9 nitrogen and oxygen atoms in total. The maximum Gasteiger partial charge on any atom is 0.336 e. The summed E-state index contributed by atoms with van der Waals surface area (Å²) in [7, 11) is 0. The largest absolute Gasteiger partial charge is 0.505 e. The highest BCUT2D eigenvalue weighted by Gasteiger charge is 2.22. The van der Waals surface area contributed by atoms with Crippen LogP contribution in [0.2, 0.25) is 10.0 Å². The number of phenols is 1. The van der Waals surface area contributed by atoms with E-state index in [1.807, 2.05) is 17.0 Å². The zero-order chi connectivity index (χ0) is 26.5. The number of aromatic hydroxyl groups is 1. The van der Waals surface area contributed by atoms with Gasteiger partial charge in [-0.05, 0) is 35.4 Å². The lowest BCUT2D eigenvalue weighted by Crippen LogP contribution is -2.48. The molecule has 1 saturated heterocycles. The van der Waals surface area contributed by atoms with Gasteiger partial charge in [0.1, 0.15) is 12.3 Å². The van der Waals surface area contributed by atoms with Crippen LogP contribution < -0.4 is 4.74 Å². The first kappa shape index (κ1) is 25.8. The smallest absolute Gasteiger partial charge is 0.336 e. The number of benzene rings is 2. The van der Waals surface area contributed by atoms with E-state index in [0.29, 0.717) is 36.5 Å². The summed E-state index contributed by atoms with van der Waals surface area (Å²) >= 11 is 12.0. The number of rotatable bonds is 7. The van der Waals surface area contributed by atoms with Crippen molar-refractivity contribution in [2.24, 2.45) is 0 Å². The summed E-state index contributed by atoms with van der Waals surface area (Å²) in [4.78, 5) is 25.1. The van der Waals surface area contributed by atoms with E-state index in [2.05, 4.69) is 37.2 Å². The lowest BCUT2D eigenvalue weighted by Gasteiger charge is -2.34. The lowest BCUT2D eigenvalue weighted by atomic mass is 10.1. The Labute approximate surface area is 229 Å². The molecule has 2 aromatic carbocycles. The van der Waals surface area contributed by atoms with Gasteiger partial charge in [0.2, 0.25) is 0 Å². The number of aromatic nitrogens is 4. The number of piperazine rings is 1. The molecule has 3 heterocycles. The maximum absolute atomic E-state index is 12.6. The summed E-state index contributed by atoms with van der Waals surface area (Å²) in [5.74, 6) is -0.148. The van der Waals surface area contributed by atoms with Crippen LogP contribution in [-0.4, -0.2) is 67.2 Å². The number of ether oxygens (including phenoxy) is 1. The minimum absolute atomic E-state index is 0.0325. The molecule has 194 valence electrons. The van der Waals surface area contributed by atoms with Gasteiger partial charge in [-0.3, -0.25) is 14.7 Å². The first-order chi connectivity index (χ1) is 18.5. The third-order valence-corrected chi connectivity index (χ3v) is 6.79. The van der Waals surface area contributed by atoms with Crippen LogP contribution in [0.25, 0.3) is 11.3 Å². The van der Waals surface area contributed by atoms with Gasteiger partial charge in [0, 0.05) is 50.7 Å². The van der Waals surface area contributed by atoms with Crippen LogP contribution >= 0.6 is 23.2 Å². The fraction of sp³-hybridized carbons (Fsp3) is 0.222. The second-order valence-electron chi connectivity index (χ2n) is 8.83. The predicted octanol–water partition coefficient (Wildman–Crippen LogP) is 4.48. The Balaban J connectivity index is 1.10. The van der Waals surface area contributed by atoms with Crippen molar-refractivity contribution in [3.63, 3.8) is 0 Å². The molecular formula is C27H24Cl2N6O3. The molecule has 4 aromatic rings. The van der Waals surface area contributed by atoms with E-state index in [1.165, 1.54) is 11.8 Å². The van der Waals surface area contributed by atoms with Crippen molar-refractivity contribution in [1.82, 2.24) is 30.0 Å². The van der Waals surface area contributed by atoms with Crippen molar-refractivity contribution in [2.75, 3.05) is 26.2 Å². The molecule has 11 heteroatoms. The van der Waals surface area contributed by atoms with E-state index >= 15 is 0 Å². The molecular weight excluding hydrogens is 527 g/mol. The molecule has 0 spiro atoms. The van der Waals surface area contributed by atoms with Gasteiger partial charge in [0.15, 0.2) is 5.75 Å². The zero-order valence-electron chi connectivity index (χ0n) is 20.3. The molecule has 0 unspecified atom stereocenters. The Morgan fingerprint density at radius 3 is 2.29 bits per heavy atom. The summed E-state index contributed by atoms with van der Waals surface area (Å²) in [6.45, 7) is 4.14. The normalized spacial score (nSPS) is 13.9. The van der Waals surface area contributed by atoms with Crippen molar-refractivity contribution in [3.8, 4) is 23.0 Å². The summed E-state index contributed by atoms with van der Waals surface area (Å²) in [5, 5.41) is 18.1. The lowest BCUT2D eigenvalue weighted by molar-refractivity contribution is 0.0628. The molecule has 0 bridgehead atoms. The topological polar surface area (TPSA) is 105 Å². The number of phenolic OH excluding ortho intramolecular Hbond substituents is 1. The Kier molecular flexibility index (Phi) is 7.97. The van der Waals surface area contributed by atoms with Crippen LogP contribution in [0.5, 0.6) is 11.8 Å². The van der Waals surface area contributed by atoms with Crippen LogP contribution in [0.3, 0.4) is 0 Å². The minimum Gasteiger partial charge on any atom is -0.505 e. The van der Waals surface area contributed by atoms with Crippen LogP contribution in [0.15, 0.2) is 67.1 Å². The predicted molar refractivity (Wildman–Crippen MR) is 143 cm³/mol. The van der Waals surface area contributed by atoms with E-state index in [0.717, 1.165) is 25.2 Å². The number of carbonyl (C=O) groups excluding carboxylic acids is 1. The van der Waals surface area contributed by atoms with Crippen molar-refractivity contribution in [2.45, 2.75) is 13.2 Å². The Morgan fingerprint density at radius 1 is 0.947 bits per heavy atom. The molecule has 0 radical (unpaired) electrons. The number of nitrogens with zero attached hydrogens (tertiary/aromatic N) is 6. The summed E-state index contributed by atoms with van der Waals surface area (Å²) < 4.78 is 5.68. The minimum atomic E-state index is -0.181. The van der Waals surface area contributed by atoms with Gasteiger partial charge in [-0.25, -0.2) is 4.98 Å². The molecule has 0 atom stereocenters. The first-order valence-corrected chi connectivity index (χ1v) is 12.7. The number of hydrogen-bond donors (Lipinski definition) is 1. The Hall–Kier alpha value is -3.79. The average molecular weight is 551 g/mol. The first-order valence-electron chi connectivity index (χ1n) is 12.0. The Bertz CT molecular complexity index is 1370. The molecule has 1 aliphatic rings. The van der Waals surface area contributed by atoms with E-state index in [-0.39, 0.29) is 27.7 Å². The molecule has 1 N–H and O–H groups in total. The maximum atomic E-state index is 12.6. The van der Waals surface area contributed by atoms with Gasteiger partial charge in [0.05, 0.1) is 21.8 Å². The van der Waals surface area contributed by atoms with Gasteiger partial charge < -0.3 is 14.7 Å². The second kappa shape index (κ2) is 11.7. The van der Waals surface area contributed by atoms with Gasteiger partial charge in [-0.15, -0.1) is 5.10 Å². The van der Waals surface area contributed by atoms with Crippen LogP contribution in [0.1, 0.15) is 21.5 Å². The van der Waals surface area contributed by atoms with Gasteiger partial charge in [-0.1, -0.05) is 52.6 Å². The molecule has 5 rings (SSSR count). The van der Waals surface area contributed by atoms with Crippen molar-refractivity contribution in [1.29, 1.82) is 0 Å². The van der Waals surface area contributed by atoms with E-state index < -0.39 is 0 Å². The number of halogens is 2. The van der Waals surface area contributed by atoms with Crippen LogP contribution in [0, 0.1) is 0 Å². The third kappa shape index (κ3) is 6.19. The van der Waals surface area contributed by atoms with Crippen molar-refractivity contribution >= 4 is 29.1 Å². The third-order valence-electron chi connectivity index (χ3n) is 6.22.